The fourth-order valence-corrected chi connectivity index (χ4v) is 3.90. The molecule has 0 fully saturated rings. The lowest BCUT2D eigenvalue weighted by Gasteiger charge is -2.11. The molecule has 24 heavy (non-hydrogen) atoms. The van der Waals surface area contributed by atoms with Gasteiger partial charge >= 0.3 is 0 Å². The summed E-state index contributed by atoms with van der Waals surface area (Å²) in [5, 5.41) is 10.1. The Morgan fingerprint density at radius 3 is 2.83 bits per heavy atom. The second kappa shape index (κ2) is 7.55. The predicted octanol–water partition coefficient (Wildman–Crippen LogP) is 4.09. The molecule has 1 aromatic carbocycles. The Morgan fingerprint density at radius 2 is 2.12 bits per heavy atom. The van der Waals surface area contributed by atoms with Gasteiger partial charge in [0.25, 0.3) is 5.91 Å². The highest BCUT2D eigenvalue weighted by molar-refractivity contribution is 7.22. The van der Waals surface area contributed by atoms with Crippen LogP contribution in [0.15, 0.2) is 46.9 Å². The van der Waals surface area contributed by atoms with Crippen LogP contribution in [0.25, 0.3) is 10.2 Å². The van der Waals surface area contributed by atoms with Crippen LogP contribution in [-0.2, 0) is 4.79 Å². The van der Waals surface area contributed by atoms with E-state index < -0.39 is 6.04 Å². The maximum atomic E-state index is 12.3. The standard InChI is InChI=1S/C17H18N4OS2/c1-3-12(14-9-6-10-23-14)20-21-16(22)11(2)18-17-19-13-7-4-5-8-15(13)24-17/h4-11H,3H2,1-2H3,(H,18,19)(H,21,22)/b20-12-/t11-/m1/s1. The van der Waals surface area contributed by atoms with Crippen LogP contribution in [0, 0.1) is 0 Å². The first-order valence-corrected chi connectivity index (χ1v) is 9.39. The lowest BCUT2D eigenvalue weighted by atomic mass is 10.2. The third kappa shape index (κ3) is 3.80. The summed E-state index contributed by atoms with van der Waals surface area (Å²) >= 11 is 3.15. The van der Waals surface area contributed by atoms with Gasteiger partial charge in [-0.3, -0.25) is 4.79 Å². The second-order valence-electron chi connectivity index (χ2n) is 5.22. The van der Waals surface area contributed by atoms with Gasteiger partial charge in [-0.05, 0) is 36.9 Å². The Balaban J connectivity index is 1.64. The van der Waals surface area contributed by atoms with Crippen molar-refractivity contribution in [1.29, 1.82) is 0 Å². The number of hydrazone groups is 1. The Morgan fingerprint density at radius 1 is 1.29 bits per heavy atom. The van der Waals surface area contributed by atoms with Crippen LogP contribution < -0.4 is 10.7 Å². The average Bonchev–Trinajstić information content (AvgIpc) is 3.24. The van der Waals surface area contributed by atoms with E-state index in [0.717, 1.165) is 32.4 Å². The molecule has 124 valence electrons. The number of aromatic nitrogens is 1. The molecule has 0 bridgehead atoms. The van der Waals surface area contributed by atoms with E-state index in [4.69, 9.17) is 0 Å². The van der Waals surface area contributed by atoms with Gasteiger partial charge in [0.15, 0.2) is 5.13 Å². The number of hydrogen-bond donors (Lipinski definition) is 2. The Kier molecular flexibility index (Phi) is 5.22. The molecule has 0 aliphatic heterocycles. The molecular formula is C17H18N4OS2. The quantitative estimate of drug-likeness (QED) is 0.515. The van der Waals surface area contributed by atoms with Crippen molar-refractivity contribution in [2.24, 2.45) is 5.10 Å². The van der Waals surface area contributed by atoms with E-state index in [1.807, 2.05) is 48.7 Å². The summed E-state index contributed by atoms with van der Waals surface area (Å²) in [7, 11) is 0. The monoisotopic (exact) mass is 358 g/mol. The highest BCUT2D eigenvalue weighted by Gasteiger charge is 2.14. The van der Waals surface area contributed by atoms with Gasteiger partial charge in [-0.1, -0.05) is 36.5 Å². The third-order valence-electron chi connectivity index (χ3n) is 3.47. The molecule has 0 unspecified atom stereocenters. The number of rotatable bonds is 6. The summed E-state index contributed by atoms with van der Waals surface area (Å²) in [6, 6.07) is 11.5. The van der Waals surface area contributed by atoms with Crippen LogP contribution in [-0.4, -0.2) is 22.6 Å². The lowest BCUT2D eigenvalue weighted by molar-refractivity contribution is -0.121. The van der Waals surface area contributed by atoms with Crippen LogP contribution in [0.5, 0.6) is 0 Å². The molecule has 3 rings (SSSR count). The fourth-order valence-electron chi connectivity index (χ4n) is 2.16. The van der Waals surface area contributed by atoms with Crippen molar-refractivity contribution in [3.63, 3.8) is 0 Å². The molecule has 0 spiro atoms. The van der Waals surface area contributed by atoms with Gasteiger partial charge in [0.2, 0.25) is 0 Å². The molecule has 7 heteroatoms. The molecule has 0 saturated heterocycles. The summed E-state index contributed by atoms with van der Waals surface area (Å²) in [6.45, 7) is 3.82. The van der Waals surface area contributed by atoms with Crippen LogP contribution in [0.4, 0.5) is 5.13 Å². The highest BCUT2D eigenvalue weighted by atomic mass is 32.1. The van der Waals surface area contributed by atoms with Gasteiger partial charge in [0.1, 0.15) is 6.04 Å². The van der Waals surface area contributed by atoms with E-state index in [-0.39, 0.29) is 5.91 Å². The highest BCUT2D eigenvalue weighted by Crippen LogP contribution is 2.25. The topological polar surface area (TPSA) is 66.4 Å². The smallest absolute Gasteiger partial charge is 0.262 e. The number of benzene rings is 1. The lowest BCUT2D eigenvalue weighted by Crippen LogP contribution is -2.35. The Bertz CT molecular complexity index is 821. The molecule has 1 amide bonds. The Hall–Kier alpha value is -2.25. The summed E-state index contributed by atoms with van der Waals surface area (Å²) in [5.41, 5.74) is 4.46. The zero-order valence-electron chi connectivity index (χ0n) is 13.4. The number of para-hydroxylation sites is 1. The number of nitrogens with zero attached hydrogens (tertiary/aromatic N) is 2. The average molecular weight is 358 g/mol. The van der Waals surface area contributed by atoms with Crippen molar-refractivity contribution in [2.45, 2.75) is 26.3 Å². The first-order chi connectivity index (χ1) is 11.7. The van der Waals surface area contributed by atoms with Gasteiger partial charge in [-0.2, -0.15) is 5.10 Å². The molecular weight excluding hydrogens is 340 g/mol. The Labute approximate surface area is 148 Å². The minimum absolute atomic E-state index is 0.184. The van der Waals surface area contributed by atoms with Crippen molar-refractivity contribution in [2.75, 3.05) is 5.32 Å². The summed E-state index contributed by atoms with van der Waals surface area (Å²) in [5.74, 6) is -0.184. The molecule has 0 aliphatic carbocycles. The van der Waals surface area contributed by atoms with Gasteiger partial charge in [0, 0.05) is 0 Å². The number of carbonyl (C=O) groups excluding carboxylic acids is 1. The zero-order chi connectivity index (χ0) is 16.9. The number of fused-ring (bicyclic) bond motifs is 1. The zero-order valence-corrected chi connectivity index (χ0v) is 15.1. The van der Waals surface area contributed by atoms with Crippen LogP contribution in [0.3, 0.4) is 0 Å². The summed E-state index contributed by atoms with van der Waals surface area (Å²) < 4.78 is 1.09. The van der Waals surface area contributed by atoms with E-state index >= 15 is 0 Å². The maximum Gasteiger partial charge on any atom is 0.262 e. The number of amides is 1. The second-order valence-corrected chi connectivity index (χ2v) is 7.20. The van der Waals surface area contributed by atoms with E-state index in [0.29, 0.717) is 0 Å². The van der Waals surface area contributed by atoms with Crippen molar-refractivity contribution in [3.8, 4) is 0 Å². The molecule has 2 aromatic heterocycles. The molecule has 3 aromatic rings. The number of hydrogen-bond acceptors (Lipinski definition) is 6. The minimum atomic E-state index is -0.421. The number of thiazole rings is 1. The van der Waals surface area contributed by atoms with Crippen LogP contribution >= 0.6 is 22.7 Å². The summed E-state index contributed by atoms with van der Waals surface area (Å²) in [6.07, 6.45) is 0.764. The SMILES string of the molecule is CC/C(=N/NC(=O)[C@@H](C)Nc1nc2ccccc2s1)c1cccs1. The molecule has 5 nitrogen and oxygen atoms in total. The maximum absolute atomic E-state index is 12.3. The van der Waals surface area contributed by atoms with Crippen molar-refractivity contribution in [1.82, 2.24) is 10.4 Å². The third-order valence-corrected chi connectivity index (χ3v) is 5.36. The molecule has 1 atom stereocenters. The van der Waals surface area contributed by atoms with Gasteiger partial charge in [-0.25, -0.2) is 10.4 Å². The summed E-state index contributed by atoms with van der Waals surface area (Å²) in [4.78, 5) is 17.8. The van der Waals surface area contributed by atoms with E-state index in [2.05, 4.69) is 20.8 Å². The number of thiophene rings is 1. The first kappa shape index (κ1) is 16.6. The van der Waals surface area contributed by atoms with Crippen molar-refractivity contribution < 1.29 is 4.79 Å². The van der Waals surface area contributed by atoms with Crippen LogP contribution in [0.2, 0.25) is 0 Å². The van der Waals surface area contributed by atoms with E-state index in [1.165, 1.54) is 11.3 Å². The van der Waals surface area contributed by atoms with Gasteiger partial charge in [0.05, 0.1) is 20.8 Å². The molecule has 0 aliphatic rings. The van der Waals surface area contributed by atoms with E-state index in [1.54, 1.807) is 18.3 Å². The predicted molar refractivity (Wildman–Crippen MR) is 102 cm³/mol. The van der Waals surface area contributed by atoms with Gasteiger partial charge < -0.3 is 5.32 Å². The molecule has 2 N–H and O–H groups in total. The van der Waals surface area contributed by atoms with E-state index in [9.17, 15) is 4.79 Å². The number of nitrogens with one attached hydrogen (secondary N) is 2. The molecule has 2 heterocycles. The number of carbonyl (C=O) groups is 1. The van der Waals surface area contributed by atoms with Crippen molar-refractivity contribution in [3.05, 3.63) is 46.7 Å². The molecule has 0 radical (unpaired) electrons. The normalized spacial score (nSPS) is 13.0. The largest absolute Gasteiger partial charge is 0.350 e. The van der Waals surface area contributed by atoms with Crippen molar-refractivity contribution >= 4 is 49.6 Å². The fraction of sp³-hybridized carbons (Fsp3) is 0.235. The first-order valence-electron chi connectivity index (χ1n) is 7.69. The van der Waals surface area contributed by atoms with Gasteiger partial charge in [-0.15, -0.1) is 11.3 Å². The van der Waals surface area contributed by atoms with Crippen LogP contribution in [0.1, 0.15) is 25.1 Å². The number of anilines is 1. The molecule has 0 saturated carbocycles. The minimum Gasteiger partial charge on any atom is -0.350 e.